The van der Waals surface area contributed by atoms with Gasteiger partial charge in [0.1, 0.15) is 11.5 Å². The average molecular weight is 408 g/mol. The molecule has 2 heterocycles. The molecule has 2 aromatic carbocycles. The summed E-state index contributed by atoms with van der Waals surface area (Å²) in [7, 11) is 3.50. The van der Waals surface area contributed by atoms with Gasteiger partial charge in [-0.3, -0.25) is 9.69 Å². The summed E-state index contributed by atoms with van der Waals surface area (Å²) in [6.07, 6.45) is 4.86. The monoisotopic (exact) mass is 407 g/mol. The van der Waals surface area contributed by atoms with E-state index in [-0.39, 0.29) is 11.7 Å². The van der Waals surface area contributed by atoms with Gasteiger partial charge in [-0.05, 0) is 48.0 Å². The van der Waals surface area contributed by atoms with Crippen LogP contribution in [-0.4, -0.2) is 39.5 Å². The molecule has 1 aliphatic heterocycles. The molecule has 29 heavy (non-hydrogen) atoms. The molecular weight excluding hydrogens is 385 g/mol. The van der Waals surface area contributed by atoms with Crippen molar-refractivity contribution in [3.05, 3.63) is 76.9 Å². The molecule has 0 N–H and O–H groups in total. The third-order valence-electron chi connectivity index (χ3n) is 5.41. The fraction of sp³-hybridized carbons (Fsp3) is 0.217. The number of fused-ring (bicyclic) bond motifs is 1. The SMILES string of the molecule is CCc1cccc2c(/C=C3/C(=O)N(C)C(=S)N3C)cn(Cc3ccc(F)cc3)c12. The van der Waals surface area contributed by atoms with Crippen molar-refractivity contribution in [2.75, 3.05) is 14.1 Å². The zero-order chi connectivity index (χ0) is 20.7. The van der Waals surface area contributed by atoms with E-state index in [1.54, 1.807) is 24.1 Å². The van der Waals surface area contributed by atoms with Crippen LogP contribution in [0.1, 0.15) is 23.6 Å². The van der Waals surface area contributed by atoms with Crippen molar-refractivity contribution in [3.8, 4) is 0 Å². The van der Waals surface area contributed by atoms with E-state index >= 15 is 0 Å². The Morgan fingerprint density at radius 1 is 1.07 bits per heavy atom. The third kappa shape index (κ3) is 3.34. The Morgan fingerprint density at radius 2 is 1.79 bits per heavy atom. The Bertz CT molecular complexity index is 1150. The van der Waals surface area contributed by atoms with Crippen LogP contribution in [0, 0.1) is 5.82 Å². The van der Waals surface area contributed by atoms with Gasteiger partial charge in [0, 0.05) is 37.8 Å². The van der Waals surface area contributed by atoms with Gasteiger partial charge in [0.25, 0.3) is 5.91 Å². The van der Waals surface area contributed by atoms with Gasteiger partial charge in [-0.15, -0.1) is 0 Å². The van der Waals surface area contributed by atoms with E-state index < -0.39 is 0 Å². The molecule has 0 radical (unpaired) electrons. The molecule has 3 aromatic rings. The van der Waals surface area contributed by atoms with Gasteiger partial charge in [-0.2, -0.15) is 0 Å². The minimum absolute atomic E-state index is 0.108. The first kappa shape index (κ1) is 19.3. The fourth-order valence-electron chi connectivity index (χ4n) is 3.81. The van der Waals surface area contributed by atoms with Gasteiger partial charge in [-0.1, -0.05) is 37.3 Å². The van der Waals surface area contributed by atoms with Gasteiger partial charge in [0.15, 0.2) is 5.11 Å². The van der Waals surface area contributed by atoms with E-state index in [1.807, 2.05) is 19.2 Å². The molecule has 148 valence electrons. The summed E-state index contributed by atoms with van der Waals surface area (Å²) in [6.45, 7) is 2.75. The maximum atomic E-state index is 13.3. The van der Waals surface area contributed by atoms with Crippen LogP contribution in [-0.2, 0) is 17.8 Å². The minimum Gasteiger partial charge on any atom is -0.342 e. The second kappa shape index (κ2) is 7.44. The van der Waals surface area contributed by atoms with Crippen LogP contribution in [0.5, 0.6) is 0 Å². The molecule has 1 saturated heterocycles. The standard InChI is InChI=1S/C23H22FN3OS/c1-4-16-6-5-7-19-17(12-20-22(28)26(3)23(29)25(20)2)14-27(21(16)19)13-15-8-10-18(24)11-9-15/h5-12,14H,4,13H2,1-3H3/b20-12-. The maximum Gasteiger partial charge on any atom is 0.276 e. The summed E-state index contributed by atoms with van der Waals surface area (Å²) < 4.78 is 15.5. The first-order valence-electron chi connectivity index (χ1n) is 9.53. The second-order valence-electron chi connectivity index (χ2n) is 7.24. The van der Waals surface area contributed by atoms with E-state index in [9.17, 15) is 9.18 Å². The van der Waals surface area contributed by atoms with Crippen LogP contribution >= 0.6 is 12.2 Å². The van der Waals surface area contributed by atoms with Crippen molar-refractivity contribution < 1.29 is 9.18 Å². The van der Waals surface area contributed by atoms with Crippen molar-refractivity contribution in [2.24, 2.45) is 0 Å². The highest BCUT2D eigenvalue weighted by atomic mass is 32.1. The maximum absolute atomic E-state index is 13.3. The zero-order valence-corrected chi connectivity index (χ0v) is 17.5. The molecule has 4 rings (SSSR count). The van der Waals surface area contributed by atoms with Crippen LogP contribution in [0.4, 0.5) is 4.39 Å². The number of carbonyl (C=O) groups excluding carboxylic acids is 1. The number of para-hydroxylation sites is 1. The van der Waals surface area contributed by atoms with E-state index in [1.165, 1.54) is 22.6 Å². The number of carbonyl (C=O) groups is 1. The molecule has 0 bridgehead atoms. The number of amides is 1. The number of nitrogens with zero attached hydrogens (tertiary/aromatic N) is 3. The highest BCUT2D eigenvalue weighted by molar-refractivity contribution is 7.80. The average Bonchev–Trinajstić information content (AvgIpc) is 3.16. The summed E-state index contributed by atoms with van der Waals surface area (Å²) in [5.74, 6) is -0.350. The quantitative estimate of drug-likeness (QED) is 0.473. The first-order valence-corrected chi connectivity index (χ1v) is 9.94. The number of hydrogen-bond acceptors (Lipinski definition) is 2. The van der Waals surface area contributed by atoms with Gasteiger partial charge < -0.3 is 9.47 Å². The van der Waals surface area contributed by atoms with E-state index in [4.69, 9.17) is 12.2 Å². The van der Waals surface area contributed by atoms with Crippen LogP contribution < -0.4 is 0 Å². The Labute approximate surface area is 174 Å². The molecule has 1 fully saturated rings. The number of aromatic nitrogens is 1. The Kier molecular flexibility index (Phi) is 4.96. The lowest BCUT2D eigenvalue weighted by molar-refractivity contribution is -0.121. The summed E-state index contributed by atoms with van der Waals surface area (Å²) in [5.41, 5.74) is 4.90. The molecule has 0 unspecified atom stereocenters. The van der Waals surface area contributed by atoms with Crippen LogP contribution in [0.15, 0.2) is 54.4 Å². The summed E-state index contributed by atoms with van der Waals surface area (Å²) in [4.78, 5) is 15.8. The number of aryl methyl sites for hydroxylation is 1. The molecule has 6 heteroatoms. The smallest absolute Gasteiger partial charge is 0.276 e. The minimum atomic E-state index is -0.242. The van der Waals surface area contributed by atoms with Gasteiger partial charge in [0.2, 0.25) is 0 Å². The fourth-order valence-corrected chi connectivity index (χ4v) is 3.99. The number of benzene rings is 2. The third-order valence-corrected chi connectivity index (χ3v) is 5.96. The number of thiocarbonyl (C=S) groups is 1. The normalized spacial score (nSPS) is 15.9. The zero-order valence-electron chi connectivity index (χ0n) is 16.6. The number of hydrogen-bond donors (Lipinski definition) is 0. The van der Waals surface area contributed by atoms with E-state index in [0.717, 1.165) is 28.5 Å². The topological polar surface area (TPSA) is 28.5 Å². The Hall–Kier alpha value is -2.99. The molecule has 1 aromatic heterocycles. The van der Waals surface area contributed by atoms with E-state index in [2.05, 4.69) is 29.8 Å². The molecule has 1 amide bonds. The second-order valence-corrected chi connectivity index (χ2v) is 7.61. The molecule has 4 nitrogen and oxygen atoms in total. The molecule has 0 spiro atoms. The van der Waals surface area contributed by atoms with Crippen LogP contribution in [0.2, 0.25) is 0 Å². The summed E-state index contributed by atoms with van der Waals surface area (Å²) in [6, 6.07) is 12.8. The largest absolute Gasteiger partial charge is 0.342 e. The number of likely N-dealkylation sites (N-methyl/N-ethyl adjacent to an activating group) is 2. The van der Waals surface area contributed by atoms with Crippen molar-refractivity contribution in [2.45, 2.75) is 19.9 Å². The number of halogens is 1. The van der Waals surface area contributed by atoms with Gasteiger partial charge in [0.05, 0.1) is 5.52 Å². The van der Waals surface area contributed by atoms with Crippen molar-refractivity contribution in [1.82, 2.24) is 14.4 Å². The highest BCUT2D eigenvalue weighted by Crippen LogP contribution is 2.30. The van der Waals surface area contributed by atoms with Gasteiger partial charge >= 0.3 is 0 Å². The molecule has 0 saturated carbocycles. The first-order chi connectivity index (χ1) is 13.9. The lowest BCUT2D eigenvalue weighted by Crippen LogP contribution is -2.26. The Balaban J connectivity index is 1.85. The lowest BCUT2D eigenvalue weighted by Gasteiger charge is -2.10. The van der Waals surface area contributed by atoms with Crippen LogP contribution in [0.3, 0.4) is 0 Å². The summed E-state index contributed by atoms with van der Waals surface area (Å²) in [5, 5.41) is 1.58. The van der Waals surface area contributed by atoms with Gasteiger partial charge in [-0.25, -0.2) is 4.39 Å². The van der Waals surface area contributed by atoms with Crippen molar-refractivity contribution >= 4 is 40.2 Å². The molecule has 1 aliphatic rings. The highest BCUT2D eigenvalue weighted by Gasteiger charge is 2.33. The summed E-state index contributed by atoms with van der Waals surface area (Å²) >= 11 is 5.33. The molecule has 0 aliphatic carbocycles. The van der Waals surface area contributed by atoms with Crippen molar-refractivity contribution in [3.63, 3.8) is 0 Å². The van der Waals surface area contributed by atoms with E-state index in [0.29, 0.717) is 17.4 Å². The number of rotatable bonds is 4. The Morgan fingerprint density at radius 3 is 2.41 bits per heavy atom. The predicted molar refractivity (Wildman–Crippen MR) is 118 cm³/mol. The predicted octanol–water partition coefficient (Wildman–Crippen LogP) is 4.42. The lowest BCUT2D eigenvalue weighted by atomic mass is 10.1. The molecular formula is C23H22FN3OS. The van der Waals surface area contributed by atoms with Crippen molar-refractivity contribution in [1.29, 1.82) is 0 Å². The van der Waals surface area contributed by atoms with Crippen LogP contribution in [0.25, 0.3) is 17.0 Å². The molecule has 0 atom stereocenters.